The van der Waals surface area contributed by atoms with E-state index in [1.165, 1.54) is 6.42 Å². The number of hydrogen-bond acceptors (Lipinski definition) is 5. The van der Waals surface area contributed by atoms with Gasteiger partial charge in [-0.15, -0.1) is 0 Å². The van der Waals surface area contributed by atoms with Gasteiger partial charge in [0.25, 0.3) is 5.69 Å². The number of piperidine rings is 1. The molecule has 0 amide bonds. The van der Waals surface area contributed by atoms with Crippen LogP contribution in [0.4, 0.5) is 11.4 Å². The summed E-state index contributed by atoms with van der Waals surface area (Å²) in [6.07, 6.45) is 3.09. The van der Waals surface area contributed by atoms with Crippen LogP contribution in [0.15, 0.2) is 18.2 Å². The fraction of sp³-hybridized carbons (Fsp3) is 0.647. The van der Waals surface area contributed by atoms with Gasteiger partial charge in [-0.1, -0.05) is 0 Å². The minimum absolute atomic E-state index is 0.160. The van der Waals surface area contributed by atoms with Gasteiger partial charge in [-0.25, -0.2) is 0 Å². The zero-order chi connectivity index (χ0) is 16.4. The SMILES string of the molecule is Cc1cc(N2CCCC(CN3CCC(O)C3)C2)ccc1[N+](=O)[O-]. The van der Waals surface area contributed by atoms with Crippen LogP contribution in [0, 0.1) is 23.0 Å². The van der Waals surface area contributed by atoms with Crippen molar-refractivity contribution in [2.24, 2.45) is 5.92 Å². The summed E-state index contributed by atoms with van der Waals surface area (Å²) in [6, 6.07) is 5.42. The van der Waals surface area contributed by atoms with Gasteiger partial charge in [0.1, 0.15) is 0 Å². The molecular weight excluding hydrogens is 294 g/mol. The first-order valence-electron chi connectivity index (χ1n) is 8.43. The van der Waals surface area contributed by atoms with Crippen molar-refractivity contribution in [2.45, 2.75) is 32.3 Å². The largest absolute Gasteiger partial charge is 0.392 e. The van der Waals surface area contributed by atoms with Crippen molar-refractivity contribution in [2.75, 3.05) is 37.6 Å². The lowest BCUT2D eigenvalue weighted by Crippen LogP contribution is -2.40. The minimum atomic E-state index is -0.323. The maximum atomic E-state index is 10.9. The number of β-amino-alcohol motifs (C(OH)–C–C–N with tert-alkyl or cyclic N) is 1. The van der Waals surface area contributed by atoms with Crippen molar-refractivity contribution >= 4 is 11.4 Å². The summed E-state index contributed by atoms with van der Waals surface area (Å²) >= 11 is 0. The minimum Gasteiger partial charge on any atom is -0.392 e. The van der Waals surface area contributed by atoms with Crippen LogP contribution >= 0.6 is 0 Å². The molecule has 126 valence electrons. The highest BCUT2D eigenvalue weighted by Crippen LogP contribution is 2.28. The van der Waals surface area contributed by atoms with Gasteiger partial charge in [0.15, 0.2) is 0 Å². The van der Waals surface area contributed by atoms with Gasteiger partial charge in [0.05, 0.1) is 11.0 Å². The van der Waals surface area contributed by atoms with E-state index < -0.39 is 0 Å². The van der Waals surface area contributed by atoms with E-state index >= 15 is 0 Å². The van der Waals surface area contributed by atoms with Crippen LogP contribution in [0.25, 0.3) is 0 Å². The van der Waals surface area contributed by atoms with E-state index in [-0.39, 0.29) is 16.7 Å². The number of nitrogens with zero attached hydrogens (tertiary/aromatic N) is 3. The summed E-state index contributed by atoms with van der Waals surface area (Å²) in [4.78, 5) is 15.3. The van der Waals surface area contributed by atoms with Crippen molar-refractivity contribution in [1.29, 1.82) is 0 Å². The monoisotopic (exact) mass is 319 g/mol. The number of aliphatic hydroxyl groups is 1. The van der Waals surface area contributed by atoms with Gasteiger partial charge in [-0.3, -0.25) is 10.1 Å². The van der Waals surface area contributed by atoms with Gasteiger partial charge in [0, 0.05) is 50.0 Å². The molecule has 0 aromatic heterocycles. The lowest BCUT2D eigenvalue weighted by atomic mass is 9.96. The quantitative estimate of drug-likeness (QED) is 0.680. The number of nitro benzene ring substituents is 1. The Morgan fingerprint density at radius 2 is 2.13 bits per heavy atom. The number of nitro groups is 1. The smallest absolute Gasteiger partial charge is 0.272 e. The third kappa shape index (κ3) is 3.82. The second-order valence-corrected chi connectivity index (χ2v) is 6.88. The maximum absolute atomic E-state index is 10.9. The van der Waals surface area contributed by atoms with E-state index in [2.05, 4.69) is 9.80 Å². The Morgan fingerprint density at radius 1 is 1.30 bits per heavy atom. The van der Waals surface area contributed by atoms with Crippen molar-refractivity contribution < 1.29 is 10.0 Å². The Hall–Kier alpha value is -1.66. The van der Waals surface area contributed by atoms with Gasteiger partial charge < -0.3 is 14.9 Å². The summed E-state index contributed by atoms with van der Waals surface area (Å²) < 4.78 is 0. The van der Waals surface area contributed by atoms with Crippen LogP contribution in [0.5, 0.6) is 0 Å². The van der Waals surface area contributed by atoms with E-state index in [0.29, 0.717) is 5.92 Å². The molecule has 2 fully saturated rings. The van der Waals surface area contributed by atoms with Gasteiger partial charge in [-0.2, -0.15) is 0 Å². The average molecular weight is 319 g/mol. The number of benzene rings is 1. The molecule has 2 atom stereocenters. The van der Waals surface area contributed by atoms with Gasteiger partial charge in [-0.05, 0) is 44.2 Å². The number of rotatable bonds is 4. The number of anilines is 1. The molecule has 2 saturated heterocycles. The molecule has 0 spiro atoms. The summed E-state index contributed by atoms with van der Waals surface area (Å²) in [5.74, 6) is 0.601. The van der Waals surface area contributed by atoms with Crippen LogP contribution in [-0.2, 0) is 0 Å². The zero-order valence-corrected chi connectivity index (χ0v) is 13.6. The Kier molecular flexibility index (Phi) is 4.82. The Bertz CT molecular complexity index is 578. The van der Waals surface area contributed by atoms with Crippen LogP contribution < -0.4 is 4.90 Å². The molecule has 1 aromatic carbocycles. The highest BCUT2D eigenvalue weighted by atomic mass is 16.6. The van der Waals surface area contributed by atoms with Crippen molar-refractivity contribution in [3.05, 3.63) is 33.9 Å². The topological polar surface area (TPSA) is 69.8 Å². The molecule has 0 bridgehead atoms. The molecule has 2 heterocycles. The summed E-state index contributed by atoms with van der Waals surface area (Å²) in [6.45, 7) is 6.63. The van der Waals surface area contributed by atoms with E-state index in [1.807, 2.05) is 12.1 Å². The lowest BCUT2D eigenvalue weighted by molar-refractivity contribution is -0.385. The molecule has 6 nitrogen and oxygen atoms in total. The molecule has 0 aliphatic carbocycles. The summed E-state index contributed by atoms with van der Waals surface area (Å²) in [5, 5.41) is 20.6. The van der Waals surface area contributed by atoms with Crippen molar-refractivity contribution in [3.63, 3.8) is 0 Å². The first-order chi connectivity index (χ1) is 11.0. The first kappa shape index (κ1) is 16.2. The lowest BCUT2D eigenvalue weighted by Gasteiger charge is -2.36. The van der Waals surface area contributed by atoms with Gasteiger partial charge in [0.2, 0.25) is 0 Å². The average Bonchev–Trinajstić information content (AvgIpc) is 2.92. The molecule has 3 rings (SSSR count). The molecule has 23 heavy (non-hydrogen) atoms. The second kappa shape index (κ2) is 6.84. The predicted octanol–water partition coefficient (Wildman–Crippen LogP) is 2.19. The van der Waals surface area contributed by atoms with Crippen LogP contribution in [0.1, 0.15) is 24.8 Å². The van der Waals surface area contributed by atoms with E-state index in [0.717, 1.165) is 56.8 Å². The Balaban J connectivity index is 1.64. The Morgan fingerprint density at radius 3 is 2.78 bits per heavy atom. The van der Waals surface area contributed by atoms with E-state index in [9.17, 15) is 15.2 Å². The van der Waals surface area contributed by atoms with Crippen LogP contribution in [0.3, 0.4) is 0 Å². The van der Waals surface area contributed by atoms with Crippen molar-refractivity contribution in [1.82, 2.24) is 4.90 Å². The number of hydrogen-bond donors (Lipinski definition) is 1. The van der Waals surface area contributed by atoms with Crippen LogP contribution in [0.2, 0.25) is 0 Å². The molecule has 1 aromatic rings. The summed E-state index contributed by atoms with van der Waals surface area (Å²) in [7, 11) is 0. The number of likely N-dealkylation sites (tertiary alicyclic amines) is 1. The third-order valence-electron chi connectivity index (χ3n) is 5.03. The highest BCUT2D eigenvalue weighted by Gasteiger charge is 2.26. The molecule has 0 saturated carbocycles. The zero-order valence-electron chi connectivity index (χ0n) is 13.6. The molecule has 6 heteroatoms. The number of aliphatic hydroxyl groups excluding tert-OH is 1. The standard InChI is InChI=1S/C17H25N3O3/c1-13-9-15(4-5-17(13)20(22)23)19-7-2-3-14(11-19)10-18-8-6-16(21)12-18/h4-5,9,14,16,21H,2-3,6-8,10-12H2,1H3. The number of aryl methyl sites for hydroxylation is 1. The summed E-state index contributed by atoms with van der Waals surface area (Å²) in [5.41, 5.74) is 1.99. The molecule has 2 aliphatic heterocycles. The van der Waals surface area contributed by atoms with E-state index in [1.54, 1.807) is 13.0 Å². The second-order valence-electron chi connectivity index (χ2n) is 6.88. The molecular formula is C17H25N3O3. The fourth-order valence-electron chi connectivity index (χ4n) is 3.83. The predicted molar refractivity (Wildman–Crippen MR) is 89.8 cm³/mol. The molecule has 1 N–H and O–H groups in total. The Labute approximate surface area is 136 Å². The molecule has 2 aliphatic rings. The van der Waals surface area contributed by atoms with E-state index in [4.69, 9.17) is 0 Å². The molecule has 0 radical (unpaired) electrons. The maximum Gasteiger partial charge on any atom is 0.272 e. The van der Waals surface area contributed by atoms with Crippen molar-refractivity contribution in [3.8, 4) is 0 Å². The first-order valence-corrected chi connectivity index (χ1v) is 8.43. The fourth-order valence-corrected chi connectivity index (χ4v) is 3.83. The molecule has 2 unspecified atom stereocenters. The highest BCUT2D eigenvalue weighted by molar-refractivity contribution is 5.55. The normalized spacial score (nSPS) is 25.7. The third-order valence-corrected chi connectivity index (χ3v) is 5.03. The van der Waals surface area contributed by atoms with Crippen LogP contribution in [-0.4, -0.2) is 53.8 Å². The van der Waals surface area contributed by atoms with Gasteiger partial charge >= 0.3 is 0 Å².